The molecular formula is C12H16FNO. The molecule has 1 aliphatic carbocycles. The van der Waals surface area contributed by atoms with Crippen LogP contribution in [0.25, 0.3) is 0 Å². The van der Waals surface area contributed by atoms with E-state index in [1.54, 1.807) is 6.07 Å². The largest absolute Gasteiger partial charge is 0.389 e. The maximum absolute atomic E-state index is 12.8. The molecule has 0 heterocycles. The van der Waals surface area contributed by atoms with E-state index in [0.29, 0.717) is 13.1 Å². The summed E-state index contributed by atoms with van der Waals surface area (Å²) in [6, 6.07) is 6.52. The molecule has 1 saturated carbocycles. The van der Waals surface area contributed by atoms with Crippen molar-refractivity contribution in [3.8, 4) is 0 Å². The van der Waals surface area contributed by atoms with Crippen LogP contribution < -0.4 is 5.32 Å². The first-order valence-electron chi connectivity index (χ1n) is 5.36. The van der Waals surface area contributed by atoms with Crippen LogP contribution in [0.5, 0.6) is 0 Å². The smallest absolute Gasteiger partial charge is 0.123 e. The van der Waals surface area contributed by atoms with E-state index in [4.69, 9.17) is 0 Å². The van der Waals surface area contributed by atoms with Gasteiger partial charge in [-0.15, -0.1) is 0 Å². The van der Waals surface area contributed by atoms with Crippen LogP contribution in [-0.2, 0) is 6.54 Å². The molecule has 0 unspecified atom stereocenters. The number of aliphatic hydroxyl groups is 1. The Balaban J connectivity index is 1.78. The first kappa shape index (κ1) is 10.6. The average Bonchev–Trinajstić information content (AvgIpc) is 2.15. The zero-order chi connectivity index (χ0) is 10.7. The van der Waals surface area contributed by atoms with Gasteiger partial charge in [0, 0.05) is 13.1 Å². The molecule has 2 N–H and O–H groups in total. The molecule has 0 saturated heterocycles. The molecule has 0 amide bonds. The van der Waals surface area contributed by atoms with Crippen molar-refractivity contribution in [1.29, 1.82) is 0 Å². The van der Waals surface area contributed by atoms with E-state index in [1.165, 1.54) is 12.1 Å². The lowest BCUT2D eigenvalue weighted by molar-refractivity contribution is -0.0314. The highest BCUT2D eigenvalue weighted by molar-refractivity contribution is 5.16. The lowest BCUT2D eigenvalue weighted by atomic mass is 9.80. The third-order valence-corrected chi connectivity index (χ3v) is 2.96. The standard InChI is InChI=1S/C12H16FNO/c13-11-4-1-3-10(7-11)8-14-9-12(15)5-2-6-12/h1,3-4,7,14-15H,2,5-6,8-9H2. The van der Waals surface area contributed by atoms with Crippen molar-refractivity contribution in [2.45, 2.75) is 31.4 Å². The van der Waals surface area contributed by atoms with E-state index < -0.39 is 5.60 Å². The molecule has 0 aliphatic heterocycles. The van der Waals surface area contributed by atoms with E-state index in [1.807, 2.05) is 6.07 Å². The molecule has 2 nitrogen and oxygen atoms in total. The Labute approximate surface area is 89.1 Å². The van der Waals surface area contributed by atoms with E-state index in [2.05, 4.69) is 5.32 Å². The van der Waals surface area contributed by atoms with Crippen molar-refractivity contribution in [2.24, 2.45) is 0 Å². The topological polar surface area (TPSA) is 32.3 Å². The second kappa shape index (κ2) is 4.29. The number of hydrogen-bond acceptors (Lipinski definition) is 2. The highest BCUT2D eigenvalue weighted by Gasteiger charge is 2.33. The third kappa shape index (κ3) is 2.76. The monoisotopic (exact) mass is 209 g/mol. The molecule has 1 fully saturated rings. The van der Waals surface area contributed by atoms with Crippen molar-refractivity contribution in [3.63, 3.8) is 0 Å². The fourth-order valence-electron chi connectivity index (χ4n) is 1.85. The zero-order valence-corrected chi connectivity index (χ0v) is 8.67. The van der Waals surface area contributed by atoms with Crippen molar-refractivity contribution in [2.75, 3.05) is 6.54 Å². The maximum atomic E-state index is 12.8. The molecular weight excluding hydrogens is 193 g/mol. The molecule has 15 heavy (non-hydrogen) atoms. The van der Waals surface area contributed by atoms with Crippen LogP contribution >= 0.6 is 0 Å². The number of rotatable bonds is 4. The van der Waals surface area contributed by atoms with Crippen LogP contribution in [-0.4, -0.2) is 17.3 Å². The molecule has 0 bridgehead atoms. The predicted octanol–water partition coefficient (Wildman–Crippen LogP) is 1.83. The molecule has 0 radical (unpaired) electrons. The first-order chi connectivity index (χ1) is 7.18. The van der Waals surface area contributed by atoms with Gasteiger partial charge >= 0.3 is 0 Å². The molecule has 2 rings (SSSR count). The van der Waals surface area contributed by atoms with Gasteiger partial charge in [0.05, 0.1) is 5.60 Å². The summed E-state index contributed by atoms with van der Waals surface area (Å²) in [4.78, 5) is 0. The number of hydrogen-bond donors (Lipinski definition) is 2. The van der Waals surface area contributed by atoms with Crippen LogP contribution in [0.3, 0.4) is 0 Å². The molecule has 1 aromatic rings. The van der Waals surface area contributed by atoms with Gasteiger partial charge in [-0.25, -0.2) is 4.39 Å². The van der Waals surface area contributed by atoms with E-state index in [0.717, 1.165) is 24.8 Å². The summed E-state index contributed by atoms with van der Waals surface area (Å²) in [5.41, 5.74) is 0.408. The fourth-order valence-corrected chi connectivity index (χ4v) is 1.85. The Kier molecular flexibility index (Phi) is 3.03. The van der Waals surface area contributed by atoms with Crippen molar-refractivity contribution in [1.82, 2.24) is 5.32 Å². The van der Waals surface area contributed by atoms with Crippen molar-refractivity contribution in [3.05, 3.63) is 35.6 Å². The summed E-state index contributed by atoms with van der Waals surface area (Å²) in [5, 5.41) is 13.0. The van der Waals surface area contributed by atoms with Crippen LogP contribution in [0.4, 0.5) is 4.39 Å². The van der Waals surface area contributed by atoms with Gasteiger partial charge in [-0.05, 0) is 37.0 Å². The summed E-state index contributed by atoms with van der Waals surface area (Å²) in [7, 11) is 0. The Morgan fingerprint density at radius 2 is 2.20 bits per heavy atom. The molecule has 0 atom stereocenters. The van der Waals surface area contributed by atoms with Gasteiger partial charge in [-0.3, -0.25) is 0 Å². The summed E-state index contributed by atoms with van der Waals surface area (Å²) in [5.74, 6) is -0.211. The number of halogens is 1. The van der Waals surface area contributed by atoms with Crippen molar-refractivity contribution < 1.29 is 9.50 Å². The van der Waals surface area contributed by atoms with Gasteiger partial charge in [0.15, 0.2) is 0 Å². The number of nitrogens with one attached hydrogen (secondary N) is 1. The van der Waals surface area contributed by atoms with Crippen LogP contribution in [0.2, 0.25) is 0 Å². The molecule has 1 aromatic carbocycles. The first-order valence-corrected chi connectivity index (χ1v) is 5.36. The summed E-state index contributed by atoms with van der Waals surface area (Å²) in [6.45, 7) is 1.21. The fraction of sp³-hybridized carbons (Fsp3) is 0.500. The Bertz CT molecular complexity index is 336. The second-order valence-electron chi connectivity index (χ2n) is 4.31. The number of benzene rings is 1. The normalized spacial score (nSPS) is 18.5. The Morgan fingerprint density at radius 3 is 2.80 bits per heavy atom. The highest BCUT2D eigenvalue weighted by Crippen LogP contribution is 2.30. The summed E-state index contributed by atoms with van der Waals surface area (Å²) in [6.07, 6.45) is 2.87. The molecule has 0 aromatic heterocycles. The van der Waals surface area contributed by atoms with E-state index in [9.17, 15) is 9.50 Å². The summed E-state index contributed by atoms with van der Waals surface area (Å²) < 4.78 is 12.8. The lowest BCUT2D eigenvalue weighted by Crippen LogP contribution is -2.45. The minimum absolute atomic E-state index is 0.211. The van der Waals surface area contributed by atoms with Crippen LogP contribution in [0, 0.1) is 5.82 Å². The molecule has 3 heteroatoms. The highest BCUT2D eigenvalue weighted by atomic mass is 19.1. The van der Waals surface area contributed by atoms with Gasteiger partial charge in [0.1, 0.15) is 5.82 Å². The Hall–Kier alpha value is -0.930. The van der Waals surface area contributed by atoms with E-state index in [-0.39, 0.29) is 5.82 Å². The zero-order valence-electron chi connectivity index (χ0n) is 8.67. The maximum Gasteiger partial charge on any atom is 0.123 e. The molecule has 0 spiro atoms. The SMILES string of the molecule is OC1(CNCc2cccc(F)c2)CCC1. The third-order valence-electron chi connectivity index (χ3n) is 2.96. The van der Waals surface area contributed by atoms with Gasteiger partial charge in [0.2, 0.25) is 0 Å². The molecule has 82 valence electrons. The minimum Gasteiger partial charge on any atom is -0.389 e. The average molecular weight is 209 g/mol. The lowest BCUT2D eigenvalue weighted by Gasteiger charge is -2.36. The van der Waals surface area contributed by atoms with Crippen LogP contribution in [0.1, 0.15) is 24.8 Å². The van der Waals surface area contributed by atoms with Crippen molar-refractivity contribution >= 4 is 0 Å². The minimum atomic E-state index is -0.507. The van der Waals surface area contributed by atoms with E-state index >= 15 is 0 Å². The summed E-state index contributed by atoms with van der Waals surface area (Å²) >= 11 is 0. The predicted molar refractivity (Wildman–Crippen MR) is 56.9 cm³/mol. The molecule has 1 aliphatic rings. The quantitative estimate of drug-likeness (QED) is 0.793. The van der Waals surface area contributed by atoms with Gasteiger partial charge < -0.3 is 10.4 Å². The van der Waals surface area contributed by atoms with Crippen LogP contribution in [0.15, 0.2) is 24.3 Å². The Morgan fingerprint density at radius 1 is 1.40 bits per heavy atom. The second-order valence-corrected chi connectivity index (χ2v) is 4.31. The van der Waals surface area contributed by atoms with Gasteiger partial charge in [-0.2, -0.15) is 0 Å². The van der Waals surface area contributed by atoms with Gasteiger partial charge in [-0.1, -0.05) is 12.1 Å². The van der Waals surface area contributed by atoms with Gasteiger partial charge in [0.25, 0.3) is 0 Å².